The number of fused-ring (bicyclic) bond motifs is 2. The van der Waals surface area contributed by atoms with E-state index in [2.05, 4.69) is 10.3 Å². The van der Waals surface area contributed by atoms with Crippen LogP contribution in [0, 0.1) is 0 Å². The molecule has 200 valence electrons. The van der Waals surface area contributed by atoms with Crippen molar-refractivity contribution in [2.24, 2.45) is 7.05 Å². The Kier molecular flexibility index (Phi) is 7.79. The van der Waals surface area contributed by atoms with E-state index in [1.54, 1.807) is 36.0 Å². The molecular weight excluding hydrogens is 516 g/mol. The van der Waals surface area contributed by atoms with Crippen LogP contribution in [0.25, 0.3) is 22.0 Å². The summed E-state index contributed by atoms with van der Waals surface area (Å²) >= 11 is 5.91. The van der Waals surface area contributed by atoms with E-state index < -0.39 is 6.10 Å². The minimum Gasteiger partial charge on any atom is -0.443 e. The zero-order valence-electron chi connectivity index (χ0n) is 21.7. The quantitative estimate of drug-likeness (QED) is 0.286. The first kappa shape index (κ1) is 26.6. The van der Waals surface area contributed by atoms with Gasteiger partial charge in [-0.15, -0.1) is 0 Å². The Morgan fingerprint density at radius 1 is 1.15 bits per heavy atom. The number of para-hydroxylation sites is 1. The van der Waals surface area contributed by atoms with Crippen LogP contribution in [0.3, 0.4) is 0 Å². The van der Waals surface area contributed by atoms with Crippen molar-refractivity contribution in [3.63, 3.8) is 0 Å². The Hall–Kier alpha value is -3.98. The number of aliphatic hydroxyl groups excluding tert-OH is 1. The van der Waals surface area contributed by atoms with Gasteiger partial charge in [-0.3, -0.25) is 19.5 Å². The van der Waals surface area contributed by atoms with E-state index in [-0.39, 0.29) is 17.8 Å². The molecule has 5 rings (SSSR count). The molecule has 0 spiro atoms. The van der Waals surface area contributed by atoms with Crippen LogP contribution in [0.4, 0.5) is 0 Å². The molecule has 0 saturated heterocycles. The molecule has 3 aromatic heterocycles. The molecule has 3 heterocycles. The van der Waals surface area contributed by atoms with Crippen LogP contribution in [-0.4, -0.2) is 39.1 Å². The molecular formula is C30H29ClN4O4. The first-order valence-corrected chi connectivity index (χ1v) is 13.0. The number of benzene rings is 2. The van der Waals surface area contributed by atoms with Crippen LogP contribution in [0.5, 0.6) is 0 Å². The predicted octanol–water partition coefficient (Wildman–Crippen LogP) is 4.36. The van der Waals surface area contributed by atoms with Gasteiger partial charge in [-0.2, -0.15) is 0 Å². The van der Waals surface area contributed by atoms with E-state index in [0.29, 0.717) is 52.8 Å². The number of aliphatic hydroxyl groups is 1. The van der Waals surface area contributed by atoms with Gasteiger partial charge in [0.1, 0.15) is 11.9 Å². The lowest BCUT2D eigenvalue weighted by molar-refractivity contribution is -0.120. The van der Waals surface area contributed by atoms with Crippen LogP contribution in [0.15, 0.2) is 82.1 Å². The van der Waals surface area contributed by atoms with Crippen molar-refractivity contribution >= 4 is 39.5 Å². The molecule has 39 heavy (non-hydrogen) atoms. The van der Waals surface area contributed by atoms with Crippen molar-refractivity contribution in [1.82, 2.24) is 19.8 Å². The number of furan rings is 1. The highest BCUT2D eigenvalue weighted by Gasteiger charge is 2.18. The number of carbonyl (C=O) groups is 1. The summed E-state index contributed by atoms with van der Waals surface area (Å²) in [5.74, 6) is 0.337. The standard InChI is InChI=1S/C30H29ClN4O4/c1-34(18-27(36)26-12-9-20-5-3-4-6-25(20)33-26)17-23-14-24-29(38)21(16-35(2)30(24)39-23)13-28(37)32-15-19-7-10-22(31)11-8-19/h3-12,14,16,27,36H,13,15,17-18H2,1-2H3,(H,32,37). The van der Waals surface area contributed by atoms with Gasteiger partial charge in [-0.1, -0.05) is 48.0 Å². The van der Waals surface area contributed by atoms with Gasteiger partial charge >= 0.3 is 0 Å². The lowest BCUT2D eigenvalue weighted by Gasteiger charge is -2.19. The second kappa shape index (κ2) is 11.4. The molecule has 5 aromatic rings. The van der Waals surface area contributed by atoms with Gasteiger partial charge in [0.15, 0.2) is 5.43 Å². The Morgan fingerprint density at radius 2 is 1.92 bits per heavy atom. The van der Waals surface area contributed by atoms with E-state index in [4.69, 9.17) is 16.0 Å². The molecule has 8 nitrogen and oxygen atoms in total. The molecule has 1 atom stereocenters. The number of nitrogens with one attached hydrogen (secondary N) is 1. The van der Waals surface area contributed by atoms with Crippen molar-refractivity contribution < 1.29 is 14.3 Å². The Balaban J connectivity index is 1.25. The Bertz CT molecular complexity index is 1690. The predicted molar refractivity (Wildman–Crippen MR) is 151 cm³/mol. The van der Waals surface area contributed by atoms with Gasteiger partial charge in [-0.25, -0.2) is 0 Å². The molecule has 2 aromatic carbocycles. The highest BCUT2D eigenvalue weighted by atomic mass is 35.5. The molecule has 0 saturated carbocycles. The highest BCUT2D eigenvalue weighted by Crippen LogP contribution is 2.21. The Labute approximate surface area is 230 Å². The molecule has 0 fully saturated rings. The molecule has 0 aliphatic heterocycles. The number of aryl methyl sites for hydroxylation is 1. The van der Waals surface area contributed by atoms with Gasteiger partial charge in [0.2, 0.25) is 11.6 Å². The summed E-state index contributed by atoms with van der Waals surface area (Å²) in [6.07, 6.45) is 0.813. The number of pyridine rings is 2. The van der Waals surface area contributed by atoms with Crippen LogP contribution in [0.2, 0.25) is 5.02 Å². The third-order valence-electron chi connectivity index (χ3n) is 6.60. The summed E-state index contributed by atoms with van der Waals surface area (Å²) in [4.78, 5) is 32.2. The summed E-state index contributed by atoms with van der Waals surface area (Å²) in [6, 6.07) is 20.5. The fraction of sp³-hybridized carbons (Fsp3) is 0.233. The van der Waals surface area contributed by atoms with Crippen LogP contribution >= 0.6 is 11.6 Å². The molecule has 2 N–H and O–H groups in total. The third kappa shape index (κ3) is 6.20. The molecule has 1 amide bonds. The van der Waals surface area contributed by atoms with Crippen molar-refractivity contribution in [3.8, 4) is 0 Å². The SMILES string of the molecule is CN(Cc1cc2c(=O)c(CC(=O)NCc3ccc(Cl)cc3)cn(C)c2o1)CC(O)c1ccc2ccccc2n1. The van der Waals surface area contributed by atoms with Crippen LogP contribution in [0.1, 0.15) is 28.7 Å². The molecule has 0 bridgehead atoms. The fourth-order valence-corrected chi connectivity index (χ4v) is 4.73. The lowest BCUT2D eigenvalue weighted by atomic mass is 10.1. The maximum atomic E-state index is 13.2. The first-order valence-electron chi connectivity index (χ1n) is 12.6. The zero-order valence-corrected chi connectivity index (χ0v) is 22.5. The van der Waals surface area contributed by atoms with Crippen molar-refractivity contribution in [1.29, 1.82) is 0 Å². The van der Waals surface area contributed by atoms with Crippen LogP contribution < -0.4 is 10.7 Å². The normalized spacial score (nSPS) is 12.3. The number of nitrogens with zero attached hydrogens (tertiary/aromatic N) is 3. The van der Waals surface area contributed by atoms with Crippen molar-refractivity contribution in [2.45, 2.75) is 25.6 Å². The molecule has 1 unspecified atom stereocenters. The summed E-state index contributed by atoms with van der Waals surface area (Å²) < 4.78 is 7.70. The monoisotopic (exact) mass is 544 g/mol. The number of hydrogen-bond donors (Lipinski definition) is 2. The summed E-state index contributed by atoms with van der Waals surface area (Å²) in [5, 5.41) is 15.7. The van der Waals surface area contributed by atoms with E-state index in [1.807, 2.05) is 60.5 Å². The lowest BCUT2D eigenvalue weighted by Crippen LogP contribution is -2.27. The van der Waals surface area contributed by atoms with E-state index in [1.165, 1.54) is 0 Å². The third-order valence-corrected chi connectivity index (χ3v) is 6.85. The topological polar surface area (TPSA) is 101 Å². The molecule has 0 aliphatic rings. The van der Waals surface area contributed by atoms with Gasteiger partial charge in [0, 0.05) is 42.3 Å². The maximum Gasteiger partial charge on any atom is 0.224 e. The average Bonchev–Trinajstić information content (AvgIpc) is 3.35. The minimum absolute atomic E-state index is 0.0401. The first-order chi connectivity index (χ1) is 18.8. The zero-order chi connectivity index (χ0) is 27.5. The van der Waals surface area contributed by atoms with Gasteiger partial charge in [-0.05, 0) is 42.9 Å². The average molecular weight is 545 g/mol. The van der Waals surface area contributed by atoms with Gasteiger partial charge in [0.25, 0.3) is 0 Å². The largest absolute Gasteiger partial charge is 0.443 e. The van der Waals surface area contributed by atoms with E-state index >= 15 is 0 Å². The fourth-order valence-electron chi connectivity index (χ4n) is 4.61. The Morgan fingerprint density at radius 3 is 2.72 bits per heavy atom. The maximum absolute atomic E-state index is 13.2. The summed E-state index contributed by atoms with van der Waals surface area (Å²) in [7, 11) is 3.65. The molecule has 0 radical (unpaired) electrons. The molecule has 0 aliphatic carbocycles. The van der Waals surface area contributed by atoms with Gasteiger partial charge < -0.3 is 19.4 Å². The smallest absolute Gasteiger partial charge is 0.224 e. The summed E-state index contributed by atoms with van der Waals surface area (Å²) in [6.45, 7) is 1.06. The van der Waals surface area contributed by atoms with E-state index in [0.717, 1.165) is 16.5 Å². The van der Waals surface area contributed by atoms with Crippen molar-refractivity contribution in [2.75, 3.05) is 13.6 Å². The van der Waals surface area contributed by atoms with Crippen LogP contribution in [-0.2, 0) is 31.4 Å². The number of likely N-dealkylation sites (N-methyl/N-ethyl adjacent to an activating group) is 1. The van der Waals surface area contributed by atoms with Crippen molar-refractivity contribution in [3.05, 3.63) is 111 Å². The second-order valence-electron chi connectivity index (χ2n) is 9.75. The van der Waals surface area contributed by atoms with Gasteiger partial charge in [0.05, 0.1) is 29.6 Å². The number of hydrogen-bond acceptors (Lipinski definition) is 6. The number of aromatic nitrogens is 2. The number of rotatable bonds is 9. The number of halogens is 1. The number of carbonyl (C=O) groups excluding carboxylic acids is 1. The van der Waals surface area contributed by atoms with E-state index in [9.17, 15) is 14.7 Å². The minimum atomic E-state index is -0.784. The summed E-state index contributed by atoms with van der Waals surface area (Å²) in [5.41, 5.74) is 2.93. The second-order valence-corrected chi connectivity index (χ2v) is 10.2. The number of amides is 1. The molecule has 9 heteroatoms. The highest BCUT2D eigenvalue weighted by molar-refractivity contribution is 6.30.